The van der Waals surface area contributed by atoms with Crippen LogP contribution in [0.15, 0.2) is 28.7 Å². The van der Waals surface area contributed by atoms with Gasteiger partial charge in [0.2, 0.25) is 5.88 Å². The van der Waals surface area contributed by atoms with Crippen LogP contribution >= 0.6 is 15.9 Å². The Balaban J connectivity index is 2.38. The molecule has 2 aromatic rings. The van der Waals surface area contributed by atoms with Crippen LogP contribution in [0, 0.1) is 6.92 Å². The van der Waals surface area contributed by atoms with Crippen molar-refractivity contribution in [1.82, 2.24) is 15.1 Å². The van der Waals surface area contributed by atoms with E-state index in [9.17, 15) is 0 Å². The van der Waals surface area contributed by atoms with Gasteiger partial charge < -0.3 is 10.1 Å². The Kier molecular flexibility index (Phi) is 4.27. The molecular formula is C14H18BrN3O. The van der Waals surface area contributed by atoms with Crippen LogP contribution in [-0.2, 0) is 7.05 Å². The summed E-state index contributed by atoms with van der Waals surface area (Å²) in [6, 6.07) is 8.20. The molecule has 0 saturated heterocycles. The molecule has 0 bridgehead atoms. The van der Waals surface area contributed by atoms with Gasteiger partial charge in [0.05, 0.1) is 5.69 Å². The van der Waals surface area contributed by atoms with Gasteiger partial charge in [0.25, 0.3) is 0 Å². The fraction of sp³-hybridized carbons (Fsp3) is 0.357. The molecule has 0 aliphatic carbocycles. The fourth-order valence-electron chi connectivity index (χ4n) is 1.90. The van der Waals surface area contributed by atoms with Crippen LogP contribution < -0.4 is 10.1 Å². The molecule has 1 N–H and O–H groups in total. The van der Waals surface area contributed by atoms with Gasteiger partial charge in [-0.15, -0.1) is 0 Å². The minimum atomic E-state index is 0.220. The number of rotatable bonds is 4. The van der Waals surface area contributed by atoms with E-state index in [-0.39, 0.29) is 6.04 Å². The van der Waals surface area contributed by atoms with Crippen molar-refractivity contribution in [3.63, 3.8) is 0 Å². The smallest absolute Gasteiger partial charge is 0.217 e. The third-order valence-corrected chi connectivity index (χ3v) is 3.54. The van der Waals surface area contributed by atoms with E-state index in [4.69, 9.17) is 4.74 Å². The van der Waals surface area contributed by atoms with Crippen molar-refractivity contribution in [3.05, 3.63) is 40.0 Å². The van der Waals surface area contributed by atoms with Gasteiger partial charge in [-0.25, -0.2) is 4.68 Å². The average Bonchev–Trinajstić information content (AvgIpc) is 2.67. The van der Waals surface area contributed by atoms with Gasteiger partial charge in [-0.1, -0.05) is 22.0 Å². The van der Waals surface area contributed by atoms with Crippen LogP contribution in [0.5, 0.6) is 11.6 Å². The lowest BCUT2D eigenvalue weighted by molar-refractivity contribution is 0.420. The molecule has 0 aliphatic heterocycles. The predicted molar refractivity (Wildman–Crippen MR) is 79.6 cm³/mol. The molecule has 5 heteroatoms. The van der Waals surface area contributed by atoms with Crippen molar-refractivity contribution in [1.29, 1.82) is 0 Å². The summed E-state index contributed by atoms with van der Waals surface area (Å²) in [6.45, 7) is 4.05. The summed E-state index contributed by atoms with van der Waals surface area (Å²) in [5.41, 5.74) is 2.06. The molecule has 19 heavy (non-hydrogen) atoms. The minimum absolute atomic E-state index is 0.220. The summed E-state index contributed by atoms with van der Waals surface area (Å²) in [5.74, 6) is 1.57. The largest absolute Gasteiger partial charge is 0.439 e. The van der Waals surface area contributed by atoms with Crippen LogP contribution in [0.4, 0.5) is 0 Å². The van der Waals surface area contributed by atoms with Gasteiger partial charge in [0.15, 0.2) is 0 Å². The summed E-state index contributed by atoms with van der Waals surface area (Å²) in [6.07, 6.45) is 0. The Hall–Kier alpha value is -1.33. The monoisotopic (exact) mass is 323 g/mol. The SMILES string of the molecule is CNC(C)c1ccc(Br)cc1Oc1cc(C)nn1C. The van der Waals surface area contributed by atoms with Crippen molar-refractivity contribution in [2.75, 3.05) is 7.05 Å². The molecule has 102 valence electrons. The Labute approximate surface area is 121 Å². The van der Waals surface area contributed by atoms with E-state index in [1.165, 1.54) is 0 Å². The first-order valence-corrected chi connectivity index (χ1v) is 6.95. The van der Waals surface area contributed by atoms with Gasteiger partial charge in [0.1, 0.15) is 5.75 Å². The molecule has 1 aromatic carbocycles. The lowest BCUT2D eigenvalue weighted by Crippen LogP contribution is -2.13. The number of halogens is 1. The Morgan fingerprint density at radius 2 is 2.11 bits per heavy atom. The second kappa shape index (κ2) is 5.75. The highest BCUT2D eigenvalue weighted by Crippen LogP contribution is 2.32. The molecule has 0 saturated carbocycles. The number of aromatic nitrogens is 2. The number of hydrogen-bond acceptors (Lipinski definition) is 3. The van der Waals surface area contributed by atoms with E-state index in [0.29, 0.717) is 0 Å². The first-order valence-electron chi connectivity index (χ1n) is 6.16. The second-order valence-electron chi connectivity index (χ2n) is 4.54. The lowest BCUT2D eigenvalue weighted by atomic mass is 10.1. The number of benzene rings is 1. The summed E-state index contributed by atoms with van der Waals surface area (Å²) in [5, 5.41) is 7.52. The number of nitrogens with zero attached hydrogens (tertiary/aromatic N) is 2. The number of nitrogens with one attached hydrogen (secondary N) is 1. The van der Waals surface area contributed by atoms with Gasteiger partial charge >= 0.3 is 0 Å². The Morgan fingerprint density at radius 3 is 2.68 bits per heavy atom. The number of ether oxygens (including phenoxy) is 1. The molecule has 1 aromatic heterocycles. The van der Waals surface area contributed by atoms with E-state index >= 15 is 0 Å². The highest BCUT2D eigenvalue weighted by Gasteiger charge is 2.13. The third kappa shape index (κ3) is 3.16. The number of hydrogen-bond donors (Lipinski definition) is 1. The van der Waals surface area contributed by atoms with Crippen molar-refractivity contribution in [3.8, 4) is 11.6 Å². The van der Waals surface area contributed by atoms with E-state index < -0.39 is 0 Å². The van der Waals surface area contributed by atoms with E-state index in [1.54, 1.807) is 4.68 Å². The molecule has 0 amide bonds. The lowest BCUT2D eigenvalue weighted by Gasteiger charge is -2.16. The van der Waals surface area contributed by atoms with E-state index in [0.717, 1.165) is 27.4 Å². The van der Waals surface area contributed by atoms with Gasteiger partial charge in [-0.2, -0.15) is 5.10 Å². The van der Waals surface area contributed by atoms with Crippen LogP contribution in [0.1, 0.15) is 24.2 Å². The molecular weight excluding hydrogens is 306 g/mol. The fourth-order valence-corrected chi connectivity index (χ4v) is 2.24. The molecule has 0 fully saturated rings. The molecule has 0 radical (unpaired) electrons. The number of aryl methyl sites for hydroxylation is 2. The Morgan fingerprint density at radius 1 is 1.37 bits per heavy atom. The average molecular weight is 324 g/mol. The van der Waals surface area contributed by atoms with E-state index in [2.05, 4.69) is 39.3 Å². The summed E-state index contributed by atoms with van der Waals surface area (Å²) >= 11 is 3.48. The molecule has 2 rings (SSSR count). The summed E-state index contributed by atoms with van der Waals surface area (Å²) < 4.78 is 8.73. The van der Waals surface area contributed by atoms with Gasteiger partial charge in [-0.3, -0.25) is 0 Å². The van der Waals surface area contributed by atoms with Crippen LogP contribution in [0.3, 0.4) is 0 Å². The normalized spacial score (nSPS) is 12.5. The zero-order chi connectivity index (χ0) is 14.0. The van der Waals surface area contributed by atoms with Crippen LogP contribution in [-0.4, -0.2) is 16.8 Å². The van der Waals surface area contributed by atoms with Crippen LogP contribution in [0.25, 0.3) is 0 Å². The molecule has 1 heterocycles. The molecule has 1 atom stereocenters. The maximum Gasteiger partial charge on any atom is 0.217 e. The van der Waals surface area contributed by atoms with Crippen LogP contribution in [0.2, 0.25) is 0 Å². The second-order valence-corrected chi connectivity index (χ2v) is 5.46. The topological polar surface area (TPSA) is 39.1 Å². The zero-order valence-corrected chi connectivity index (χ0v) is 13.2. The highest BCUT2D eigenvalue weighted by molar-refractivity contribution is 9.10. The van der Waals surface area contributed by atoms with Crippen molar-refractivity contribution in [2.45, 2.75) is 19.9 Å². The van der Waals surface area contributed by atoms with E-state index in [1.807, 2.05) is 39.2 Å². The van der Waals surface area contributed by atoms with Crippen molar-refractivity contribution in [2.24, 2.45) is 7.05 Å². The molecule has 0 aliphatic rings. The quantitative estimate of drug-likeness (QED) is 0.935. The summed E-state index contributed by atoms with van der Waals surface area (Å²) in [7, 11) is 3.81. The third-order valence-electron chi connectivity index (χ3n) is 3.05. The van der Waals surface area contributed by atoms with Crippen molar-refractivity contribution < 1.29 is 4.74 Å². The Bertz CT molecular complexity index is 580. The zero-order valence-electron chi connectivity index (χ0n) is 11.6. The van der Waals surface area contributed by atoms with Gasteiger partial charge in [-0.05, 0) is 33.0 Å². The standard InChI is InChI=1S/C14H18BrN3O/c1-9-7-14(18(4)17-9)19-13-8-11(15)5-6-12(13)10(2)16-3/h5-8,10,16H,1-4H3. The maximum absolute atomic E-state index is 6.00. The van der Waals surface area contributed by atoms with Crippen molar-refractivity contribution >= 4 is 15.9 Å². The van der Waals surface area contributed by atoms with Gasteiger partial charge in [0, 0.05) is 29.2 Å². The predicted octanol–water partition coefficient (Wildman–Crippen LogP) is 3.56. The summed E-state index contributed by atoms with van der Waals surface area (Å²) in [4.78, 5) is 0. The molecule has 0 spiro atoms. The molecule has 1 unspecified atom stereocenters. The minimum Gasteiger partial charge on any atom is -0.439 e. The first kappa shape index (κ1) is 14.1. The highest BCUT2D eigenvalue weighted by atomic mass is 79.9. The first-order chi connectivity index (χ1) is 9.01. The maximum atomic E-state index is 6.00. The molecule has 4 nitrogen and oxygen atoms in total.